The zero-order valence-electron chi connectivity index (χ0n) is 12.7. The number of rotatable bonds is 8. The second kappa shape index (κ2) is 8.53. The zero-order chi connectivity index (χ0) is 15.0. The molecule has 1 aromatic rings. The fourth-order valence-electron chi connectivity index (χ4n) is 1.71. The van der Waals surface area contributed by atoms with Gasteiger partial charge in [-0.05, 0) is 45.9 Å². The van der Waals surface area contributed by atoms with E-state index in [9.17, 15) is 4.79 Å². The lowest BCUT2D eigenvalue weighted by molar-refractivity contribution is -0.150. The summed E-state index contributed by atoms with van der Waals surface area (Å²) in [5.74, 6) is 0.264. The first-order valence-corrected chi connectivity index (χ1v) is 7.09. The smallest absolute Gasteiger partial charge is 0.347 e. The maximum absolute atomic E-state index is 11.6. The molecule has 5 nitrogen and oxygen atoms in total. The minimum Gasteiger partial charge on any atom is -0.477 e. The summed E-state index contributed by atoms with van der Waals surface area (Å²) >= 11 is 0. The van der Waals surface area contributed by atoms with Gasteiger partial charge >= 0.3 is 5.97 Å². The van der Waals surface area contributed by atoms with Crippen molar-refractivity contribution in [1.82, 2.24) is 10.3 Å². The third kappa shape index (κ3) is 5.17. The molecule has 1 atom stereocenters. The predicted octanol–water partition coefficient (Wildman–Crippen LogP) is 2.22. The molecular weight excluding hydrogens is 256 g/mol. The van der Waals surface area contributed by atoms with Gasteiger partial charge in [0.2, 0.25) is 0 Å². The van der Waals surface area contributed by atoms with Gasteiger partial charge < -0.3 is 14.8 Å². The first-order chi connectivity index (χ1) is 9.58. The second-order valence-corrected chi connectivity index (χ2v) is 4.59. The number of nitrogens with one attached hydrogen (secondary N) is 1. The van der Waals surface area contributed by atoms with Gasteiger partial charge in [-0.15, -0.1) is 0 Å². The number of nitrogens with zero attached hydrogens (tertiary/aromatic N) is 1. The highest BCUT2D eigenvalue weighted by Crippen LogP contribution is 2.18. The number of aromatic nitrogens is 1. The molecule has 0 bridgehead atoms. The van der Waals surface area contributed by atoms with Crippen molar-refractivity contribution in [3.63, 3.8) is 0 Å². The molecule has 1 rings (SSSR count). The van der Waals surface area contributed by atoms with Crippen LogP contribution in [0, 0.1) is 6.92 Å². The summed E-state index contributed by atoms with van der Waals surface area (Å²) in [5, 5.41) is 3.29. The molecule has 0 aliphatic rings. The van der Waals surface area contributed by atoms with Crippen LogP contribution < -0.4 is 10.1 Å². The van der Waals surface area contributed by atoms with Crippen molar-refractivity contribution < 1.29 is 14.3 Å². The van der Waals surface area contributed by atoms with Crippen molar-refractivity contribution in [1.29, 1.82) is 0 Å². The number of ether oxygens (including phenoxy) is 2. The van der Waals surface area contributed by atoms with Crippen molar-refractivity contribution in [2.24, 2.45) is 0 Å². The number of carbonyl (C=O) groups excluding carboxylic acids is 1. The third-order valence-corrected chi connectivity index (χ3v) is 2.71. The van der Waals surface area contributed by atoms with Gasteiger partial charge in [0, 0.05) is 12.2 Å². The van der Waals surface area contributed by atoms with E-state index in [1.165, 1.54) is 0 Å². The molecule has 20 heavy (non-hydrogen) atoms. The Morgan fingerprint density at radius 2 is 2.15 bits per heavy atom. The normalized spacial score (nSPS) is 12.0. The molecule has 0 fully saturated rings. The molecule has 0 radical (unpaired) electrons. The van der Waals surface area contributed by atoms with Crippen molar-refractivity contribution in [3.05, 3.63) is 23.5 Å². The fourth-order valence-corrected chi connectivity index (χ4v) is 1.71. The summed E-state index contributed by atoms with van der Waals surface area (Å²) in [5.41, 5.74) is 1.74. The van der Waals surface area contributed by atoms with Crippen LogP contribution in [0.5, 0.6) is 5.75 Å². The van der Waals surface area contributed by atoms with E-state index in [1.54, 1.807) is 13.8 Å². The van der Waals surface area contributed by atoms with E-state index in [1.807, 2.05) is 19.1 Å². The number of hydrogen-bond acceptors (Lipinski definition) is 5. The van der Waals surface area contributed by atoms with Crippen LogP contribution >= 0.6 is 0 Å². The Hall–Kier alpha value is -1.62. The molecule has 0 amide bonds. The van der Waals surface area contributed by atoms with Gasteiger partial charge in [0.15, 0.2) is 6.10 Å². The minimum atomic E-state index is -0.635. The standard InChI is InChI=1S/C15H24N2O3/c1-5-9-16-10-13-14(8-7-11(3)17-13)20-12(4)15(18)19-6-2/h7-8,12,16H,5-6,9-10H2,1-4H3. The molecule has 1 N–H and O–H groups in total. The van der Waals surface area contributed by atoms with Gasteiger partial charge in [-0.2, -0.15) is 0 Å². The molecule has 112 valence electrons. The molecule has 0 aliphatic heterocycles. The quantitative estimate of drug-likeness (QED) is 0.584. The summed E-state index contributed by atoms with van der Waals surface area (Å²) in [6, 6.07) is 3.72. The molecule has 1 aromatic heterocycles. The van der Waals surface area contributed by atoms with Crippen molar-refractivity contribution in [2.45, 2.75) is 46.8 Å². The van der Waals surface area contributed by atoms with Gasteiger partial charge in [0.05, 0.1) is 12.3 Å². The fraction of sp³-hybridized carbons (Fsp3) is 0.600. The Morgan fingerprint density at radius 1 is 1.40 bits per heavy atom. The van der Waals surface area contributed by atoms with E-state index in [2.05, 4.69) is 17.2 Å². The van der Waals surface area contributed by atoms with Crippen LogP contribution in [0.4, 0.5) is 0 Å². The van der Waals surface area contributed by atoms with Crippen LogP contribution in [0.3, 0.4) is 0 Å². The van der Waals surface area contributed by atoms with Gasteiger partial charge in [0.25, 0.3) is 0 Å². The van der Waals surface area contributed by atoms with E-state index in [4.69, 9.17) is 9.47 Å². The Labute approximate surface area is 120 Å². The number of carbonyl (C=O) groups is 1. The van der Waals surface area contributed by atoms with Crippen LogP contribution in [0.1, 0.15) is 38.6 Å². The summed E-state index contributed by atoms with van der Waals surface area (Å²) in [6.45, 7) is 9.39. The van der Waals surface area contributed by atoms with Crippen LogP contribution in [0.15, 0.2) is 12.1 Å². The van der Waals surface area contributed by atoms with E-state index in [-0.39, 0.29) is 5.97 Å². The Kier molecular flexibility index (Phi) is 7.01. The van der Waals surface area contributed by atoms with Gasteiger partial charge in [-0.25, -0.2) is 4.79 Å². The van der Waals surface area contributed by atoms with Gasteiger partial charge in [-0.1, -0.05) is 6.92 Å². The zero-order valence-corrected chi connectivity index (χ0v) is 12.7. The van der Waals surface area contributed by atoms with Crippen LogP contribution in [0.2, 0.25) is 0 Å². The molecule has 0 saturated carbocycles. The molecule has 0 saturated heterocycles. The SMILES string of the molecule is CCCNCc1nc(C)ccc1OC(C)C(=O)OCC. The third-order valence-electron chi connectivity index (χ3n) is 2.71. The maximum atomic E-state index is 11.6. The van der Waals surface area contributed by atoms with Gasteiger partial charge in [0.1, 0.15) is 5.75 Å². The average molecular weight is 280 g/mol. The lowest BCUT2D eigenvalue weighted by atomic mass is 10.2. The van der Waals surface area contributed by atoms with E-state index < -0.39 is 6.10 Å². The average Bonchev–Trinajstić information content (AvgIpc) is 2.42. The number of esters is 1. The summed E-state index contributed by atoms with van der Waals surface area (Å²) in [4.78, 5) is 16.1. The lowest BCUT2D eigenvalue weighted by Gasteiger charge is -2.16. The second-order valence-electron chi connectivity index (χ2n) is 4.59. The van der Waals surface area contributed by atoms with E-state index in [0.717, 1.165) is 24.4 Å². The highest BCUT2D eigenvalue weighted by atomic mass is 16.6. The molecule has 0 spiro atoms. The van der Waals surface area contributed by atoms with Crippen molar-refractivity contribution >= 4 is 5.97 Å². The van der Waals surface area contributed by atoms with Gasteiger partial charge in [-0.3, -0.25) is 4.98 Å². The minimum absolute atomic E-state index is 0.351. The number of pyridine rings is 1. The Balaban J connectivity index is 2.74. The topological polar surface area (TPSA) is 60.5 Å². The Bertz CT molecular complexity index is 435. The molecular formula is C15H24N2O3. The summed E-state index contributed by atoms with van der Waals surface area (Å²) in [6.07, 6.45) is 0.422. The molecule has 1 heterocycles. The van der Waals surface area contributed by atoms with E-state index >= 15 is 0 Å². The van der Waals surface area contributed by atoms with E-state index in [0.29, 0.717) is 18.9 Å². The largest absolute Gasteiger partial charge is 0.477 e. The predicted molar refractivity (Wildman–Crippen MR) is 77.7 cm³/mol. The number of aryl methyl sites for hydroxylation is 1. The summed E-state index contributed by atoms with van der Waals surface area (Å²) in [7, 11) is 0. The lowest BCUT2D eigenvalue weighted by Crippen LogP contribution is -2.27. The summed E-state index contributed by atoms with van der Waals surface area (Å²) < 4.78 is 10.6. The highest BCUT2D eigenvalue weighted by Gasteiger charge is 2.17. The maximum Gasteiger partial charge on any atom is 0.347 e. The Morgan fingerprint density at radius 3 is 2.80 bits per heavy atom. The van der Waals surface area contributed by atoms with Crippen LogP contribution in [0.25, 0.3) is 0 Å². The monoisotopic (exact) mass is 280 g/mol. The first-order valence-electron chi connectivity index (χ1n) is 7.09. The molecule has 0 aliphatic carbocycles. The number of hydrogen-bond donors (Lipinski definition) is 1. The molecule has 1 unspecified atom stereocenters. The molecule has 0 aromatic carbocycles. The first kappa shape index (κ1) is 16.4. The van der Waals surface area contributed by atoms with Crippen LogP contribution in [-0.4, -0.2) is 30.2 Å². The molecule has 5 heteroatoms. The highest BCUT2D eigenvalue weighted by molar-refractivity contribution is 5.74. The van der Waals surface area contributed by atoms with Crippen molar-refractivity contribution in [3.8, 4) is 5.75 Å². The van der Waals surface area contributed by atoms with Crippen LogP contribution in [-0.2, 0) is 16.1 Å². The van der Waals surface area contributed by atoms with Crippen molar-refractivity contribution in [2.75, 3.05) is 13.2 Å².